The summed E-state index contributed by atoms with van der Waals surface area (Å²) in [6.45, 7) is 8.73. The van der Waals surface area contributed by atoms with Gasteiger partial charge in [0.25, 0.3) is 0 Å². The largest absolute Gasteiger partial charge is 0.324 e. The molecule has 1 heteroatoms. The molecule has 0 aliphatic heterocycles. The molecule has 0 aliphatic carbocycles. The summed E-state index contributed by atoms with van der Waals surface area (Å²) < 4.78 is 0. The Morgan fingerprint density at radius 1 is 1.06 bits per heavy atom. The van der Waals surface area contributed by atoms with Crippen LogP contribution in [0.15, 0.2) is 12.1 Å². The molecule has 0 bridgehead atoms. The van der Waals surface area contributed by atoms with Gasteiger partial charge in [-0.05, 0) is 43.9 Å². The zero-order chi connectivity index (χ0) is 12.1. The standard InChI is InChI=1S/C15H25N/c1-5-6-7-8-14(16)15-12(3)9-11(2)10-13(15)4/h9-10,14H,5-8,16H2,1-4H3/t14-/m1/s1. The molecule has 1 nitrogen and oxygen atoms in total. The Kier molecular flexibility index (Phi) is 5.01. The van der Waals surface area contributed by atoms with E-state index < -0.39 is 0 Å². The Labute approximate surface area is 100 Å². The Balaban J connectivity index is 2.78. The molecule has 0 fully saturated rings. The smallest absolute Gasteiger partial charge is 0.0300 e. The zero-order valence-corrected chi connectivity index (χ0v) is 11.1. The number of aryl methyl sites for hydroxylation is 3. The van der Waals surface area contributed by atoms with E-state index >= 15 is 0 Å². The van der Waals surface area contributed by atoms with Gasteiger partial charge in [-0.25, -0.2) is 0 Å². The maximum absolute atomic E-state index is 6.29. The molecule has 0 aromatic heterocycles. The van der Waals surface area contributed by atoms with E-state index in [0.717, 1.165) is 6.42 Å². The van der Waals surface area contributed by atoms with Crippen molar-refractivity contribution in [2.24, 2.45) is 5.73 Å². The van der Waals surface area contributed by atoms with Gasteiger partial charge in [0.2, 0.25) is 0 Å². The van der Waals surface area contributed by atoms with Crippen LogP contribution in [-0.4, -0.2) is 0 Å². The van der Waals surface area contributed by atoms with Gasteiger partial charge in [0, 0.05) is 6.04 Å². The molecule has 1 rings (SSSR count). The highest BCUT2D eigenvalue weighted by atomic mass is 14.6. The van der Waals surface area contributed by atoms with Crippen molar-refractivity contribution >= 4 is 0 Å². The van der Waals surface area contributed by atoms with Gasteiger partial charge >= 0.3 is 0 Å². The second kappa shape index (κ2) is 6.05. The van der Waals surface area contributed by atoms with E-state index in [-0.39, 0.29) is 6.04 Å². The van der Waals surface area contributed by atoms with Crippen molar-refractivity contribution in [3.05, 3.63) is 34.4 Å². The Hall–Kier alpha value is -0.820. The van der Waals surface area contributed by atoms with E-state index in [0.29, 0.717) is 0 Å². The third kappa shape index (κ3) is 3.34. The molecule has 0 saturated carbocycles. The van der Waals surface area contributed by atoms with Crippen LogP contribution in [0.4, 0.5) is 0 Å². The first kappa shape index (κ1) is 13.2. The molecule has 16 heavy (non-hydrogen) atoms. The summed E-state index contributed by atoms with van der Waals surface area (Å²) in [5.74, 6) is 0. The maximum Gasteiger partial charge on any atom is 0.0300 e. The lowest BCUT2D eigenvalue weighted by Gasteiger charge is -2.18. The second-order valence-corrected chi connectivity index (χ2v) is 4.91. The Morgan fingerprint density at radius 2 is 1.62 bits per heavy atom. The number of benzene rings is 1. The third-order valence-corrected chi connectivity index (χ3v) is 3.23. The quantitative estimate of drug-likeness (QED) is 0.738. The van der Waals surface area contributed by atoms with Crippen LogP contribution in [0.3, 0.4) is 0 Å². The molecule has 0 unspecified atom stereocenters. The van der Waals surface area contributed by atoms with Crippen molar-refractivity contribution in [3.8, 4) is 0 Å². The van der Waals surface area contributed by atoms with Gasteiger partial charge in [-0.15, -0.1) is 0 Å². The van der Waals surface area contributed by atoms with E-state index in [2.05, 4.69) is 39.8 Å². The molecule has 0 radical (unpaired) electrons. The molecule has 90 valence electrons. The number of nitrogens with two attached hydrogens (primary N) is 1. The predicted molar refractivity (Wildman–Crippen MR) is 71.7 cm³/mol. The fraction of sp³-hybridized carbons (Fsp3) is 0.600. The summed E-state index contributed by atoms with van der Waals surface area (Å²) in [5.41, 5.74) is 11.7. The van der Waals surface area contributed by atoms with E-state index in [1.54, 1.807) is 0 Å². The first-order valence-corrected chi connectivity index (χ1v) is 6.39. The van der Waals surface area contributed by atoms with Crippen LogP contribution in [0.25, 0.3) is 0 Å². The molecule has 2 N–H and O–H groups in total. The Morgan fingerprint density at radius 3 is 2.12 bits per heavy atom. The SMILES string of the molecule is CCCCC[C@@H](N)c1c(C)cc(C)cc1C. The molecule has 1 aromatic rings. The van der Waals surface area contributed by atoms with Crippen LogP contribution in [0, 0.1) is 20.8 Å². The first-order valence-electron chi connectivity index (χ1n) is 6.39. The van der Waals surface area contributed by atoms with Gasteiger partial charge in [0.1, 0.15) is 0 Å². The summed E-state index contributed by atoms with van der Waals surface area (Å²) in [4.78, 5) is 0. The van der Waals surface area contributed by atoms with E-state index in [4.69, 9.17) is 5.73 Å². The van der Waals surface area contributed by atoms with Crippen molar-refractivity contribution in [2.75, 3.05) is 0 Å². The monoisotopic (exact) mass is 219 g/mol. The van der Waals surface area contributed by atoms with Crippen LogP contribution in [0.2, 0.25) is 0 Å². The second-order valence-electron chi connectivity index (χ2n) is 4.91. The van der Waals surface area contributed by atoms with Gasteiger partial charge in [-0.2, -0.15) is 0 Å². The molecule has 0 spiro atoms. The van der Waals surface area contributed by atoms with Gasteiger partial charge in [0.15, 0.2) is 0 Å². The number of hydrogen-bond donors (Lipinski definition) is 1. The Bertz CT molecular complexity index is 318. The van der Waals surface area contributed by atoms with Crippen molar-refractivity contribution < 1.29 is 0 Å². The summed E-state index contributed by atoms with van der Waals surface area (Å²) in [5, 5.41) is 0. The summed E-state index contributed by atoms with van der Waals surface area (Å²) >= 11 is 0. The zero-order valence-electron chi connectivity index (χ0n) is 11.1. The van der Waals surface area contributed by atoms with Crippen LogP contribution in [-0.2, 0) is 0 Å². The molecule has 1 atom stereocenters. The average molecular weight is 219 g/mol. The topological polar surface area (TPSA) is 26.0 Å². The van der Waals surface area contributed by atoms with Crippen LogP contribution < -0.4 is 5.73 Å². The van der Waals surface area contributed by atoms with Crippen LogP contribution >= 0.6 is 0 Å². The summed E-state index contributed by atoms with van der Waals surface area (Å²) in [6, 6.07) is 4.69. The minimum Gasteiger partial charge on any atom is -0.324 e. The number of rotatable bonds is 5. The third-order valence-electron chi connectivity index (χ3n) is 3.23. The highest BCUT2D eigenvalue weighted by molar-refractivity contribution is 5.39. The van der Waals surface area contributed by atoms with E-state index in [9.17, 15) is 0 Å². The minimum absolute atomic E-state index is 0.215. The number of hydrogen-bond acceptors (Lipinski definition) is 1. The number of unbranched alkanes of at least 4 members (excludes halogenated alkanes) is 2. The molecule has 0 amide bonds. The highest BCUT2D eigenvalue weighted by Gasteiger charge is 2.11. The van der Waals surface area contributed by atoms with Crippen LogP contribution in [0.1, 0.15) is 60.9 Å². The molecular formula is C15H25N. The van der Waals surface area contributed by atoms with Gasteiger partial charge in [0.05, 0.1) is 0 Å². The predicted octanol–water partition coefficient (Wildman–Crippen LogP) is 4.19. The fourth-order valence-electron chi connectivity index (χ4n) is 2.53. The lowest BCUT2D eigenvalue weighted by molar-refractivity contribution is 0.577. The molecule has 0 saturated heterocycles. The molecular weight excluding hydrogens is 194 g/mol. The average Bonchev–Trinajstić information content (AvgIpc) is 2.16. The lowest BCUT2D eigenvalue weighted by atomic mass is 9.92. The highest BCUT2D eigenvalue weighted by Crippen LogP contribution is 2.25. The van der Waals surface area contributed by atoms with E-state index in [1.165, 1.54) is 41.5 Å². The van der Waals surface area contributed by atoms with Gasteiger partial charge in [-0.3, -0.25) is 0 Å². The van der Waals surface area contributed by atoms with Gasteiger partial charge in [-0.1, -0.05) is 43.9 Å². The van der Waals surface area contributed by atoms with Crippen LogP contribution in [0.5, 0.6) is 0 Å². The maximum atomic E-state index is 6.29. The molecule has 1 aromatic carbocycles. The fourth-order valence-corrected chi connectivity index (χ4v) is 2.53. The lowest BCUT2D eigenvalue weighted by Crippen LogP contribution is -2.13. The van der Waals surface area contributed by atoms with Crippen molar-refractivity contribution in [2.45, 2.75) is 59.4 Å². The molecule has 0 aliphatic rings. The summed E-state index contributed by atoms with van der Waals surface area (Å²) in [6.07, 6.45) is 4.90. The van der Waals surface area contributed by atoms with Crippen molar-refractivity contribution in [1.29, 1.82) is 0 Å². The summed E-state index contributed by atoms with van der Waals surface area (Å²) in [7, 11) is 0. The van der Waals surface area contributed by atoms with Crippen molar-refractivity contribution in [1.82, 2.24) is 0 Å². The van der Waals surface area contributed by atoms with Gasteiger partial charge < -0.3 is 5.73 Å². The molecule has 0 heterocycles. The van der Waals surface area contributed by atoms with E-state index in [1.807, 2.05) is 0 Å². The minimum atomic E-state index is 0.215. The van der Waals surface area contributed by atoms with Crippen molar-refractivity contribution in [3.63, 3.8) is 0 Å². The normalized spacial score (nSPS) is 12.8. The first-order chi connectivity index (χ1) is 7.56.